The van der Waals surface area contributed by atoms with Gasteiger partial charge in [-0.15, -0.1) is 0 Å². The minimum absolute atomic E-state index is 0.0504. The number of anilines is 2. The van der Waals surface area contributed by atoms with Crippen molar-refractivity contribution in [2.75, 3.05) is 5.32 Å². The van der Waals surface area contributed by atoms with Gasteiger partial charge in [0.2, 0.25) is 0 Å². The first-order valence-electron chi connectivity index (χ1n) is 8.75. The second kappa shape index (κ2) is 6.79. The molecule has 0 fully saturated rings. The van der Waals surface area contributed by atoms with Crippen molar-refractivity contribution in [3.63, 3.8) is 0 Å². The number of nitrogens with zero attached hydrogens (tertiary/aromatic N) is 1. The molecule has 0 unspecified atom stereocenters. The smallest absolute Gasteiger partial charge is 0.256 e. The molecule has 8 heteroatoms. The van der Waals surface area contributed by atoms with Crippen molar-refractivity contribution in [1.82, 2.24) is 9.97 Å². The van der Waals surface area contributed by atoms with E-state index in [1.54, 1.807) is 6.07 Å². The minimum Gasteiger partial charge on any atom is -0.386 e. The van der Waals surface area contributed by atoms with Gasteiger partial charge in [-0.3, -0.25) is 4.79 Å². The Morgan fingerprint density at radius 2 is 1.90 bits per heavy atom. The van der Waals surface area contributed by atoms with Crippen molar-refractivity contribution >= 4 is 44.8 Å². The number of aromatic nitrogens is 2. The number of halogens is 3. The van der Waals surface area contributed by atoms with Crippen molar-refractivity contribution in [1.29, 1.82) is 0 Å². The standard InChI is InChI=1S/C21H16ClF2N3O2/c1-21(2,29)13-8-17(14(22)9-15(13)24)27-19-11-5-6-25-20(28)18(11)12-7-10(23)3-4-16(12)26-19/h3-9,29H,1-2H3,(H,25,28)(H,26,27). The highest BCUT2D eigenvalue weighted by atomic mass is 35.5. The van der Waals surface area contributed by atoms with Crippen molar-refractivity contribution in [2.24, 2.45) is 0 Å². The summed E-state index contributed by atoms with van der Waals surface area (Å²) in [4.78, 5) is 19.5. The molecule has 0 saturated carbocycles. The van der Waals surface area contributed by atoms with Crippen LogP contribution in [0.2, 0.25) is 5.02 Å². The Kier molecular flexibility index (Phi) is 4.52. The lowest BCUT2D eigenvalue weighted by molar-refractivity contribution is 0.0746. The highest BCUT2D eigenvalue weighted by Crippen LogP contribution is 2.35. The molecular weight excluding hydrogens is 400 g/mol. The minimum atomic E-state index is -1.43. The fraction of sp³-hybridized carbons (Fsp3) is 0.143. The molecule has 0 spiro atoms. The van der Waals surface area contributed by atoms with Crippen LogP contribution in [0.4, 0.5) is 20.3 Å². The molecule has 2 heterocycles. The summed E-state index contributed by atoms with van der Waals surface area (Å²) in [5, 5.41) is 14.4. The number of aliphatic hydroxyl groups is 1. The van der Waals surface area contributed by atoms with Gasteiger partial charge >= 0.3 is 0 Å². The van der Waals surface area contributed by atoms with E-state index in [4.69, 9.17) is 11.6 Å². The van der Waals surface area contributed by atoms with E-state index in [1.165, 1.54) is 44.3 Å². The van der Waals surface area contributed by atoms with Crippen LogP contribution in [0.15, 0.2) is 47.4 Å². The van der Waals surface area contributed by atoms with Crippen LogP contribution in [-0.2, 0) is 5.60 Å². The zero-order valence-electron chi connectivity index (χ0n) is 15.5. The van der Waals surface area contributed by atoms with E-state index in [9.17, 15) is 18.7 Å². The van der Waals surface area contributed by atoms with Crippen LogP contribution in [-0.4, -0.2) is 15.1 Å². The van der Waals surface area contributed by atoms with Crippen molar-refractivity contribution in [3.05, 3.63) is 75.2 Å². The largest absolute Gasteiger partial charge is 0.386 e. The number of hydrogen-bond acceptors (Lipinski definition) is 4. The van der Waals surface area contributed by atoms with E-state index >= 15 is 0 Å². The van der Waals surface area contributed by atoms with Crippen LogP contribution >= 0.6 is 11.6 Å². The lowest BCUT2D eigenvalue weighted by Gasteiger charge is -2.21. The molecule has 29 heavy (non-hydrogen) atoms. The monoisotopic (exact) mass is 415 g/mol. The molecular formula is C21H16ClF2N3O2. The SMILES string of the molecule is CC(C)(O)c1cc(Nc2nc3ccc(F)cc3c3c(=O)[nH]ccc23)c(Cl)cc1F. The molecule has 148 valence electrons. The zero-order valence-corrected chi connectivity index (χ0v) is 16.2. The van der Waals surface area contributed by atoms with Crippen LogP contribution < -0.4 is 10.9 Å². The number of benzene rings is 2. The summed E-state index contributed by atoms with van der Waals surface area (Å²) >= 11 is 6.19. The third-order valence-corrected chi connectivity index (χ3v) is 4.96. The molecule has 0 aliphatic heterocycles. The molecule has 0 aliphatic rings. The lowest BCUT2D eigenvalue weighted by atomic mass is 9.97. The van der Waals surface area contributed by atoms with Crippen LogP contribution in [0.25, 0.3) is 21.7 Å². The van der Waals surface area contributed by atoms with Crippen LogP contribution in [0, 0.1) is 11.6 Å². The van der Waals surface area contributed by atoms with Gasteiger partial charge in [-0.2, -0.15) is 0 Å². The van der Waals surface area contributed by atoms with Crippen LogP contribution in [0.1, 0.15) is 19.4 Å². The van der Waals surface area contributed by atoms with Crippen molar-refractivity contribution in [2.45, 2.75) is 19.4 Å². The van der Waals surface area contributed by atoms with E-state index in [-0.39, 0.29) is 16.0 Å². The first kappa shape index (κ1) is 19.3. The molecule has 0 amide bonds. The molecule has 4 rings (SSSR count). The Labute approximate surface area is 169 Å². The Morgan fingerprint density at radius 1 is 1.14 bits per heavy atom. The normalized spacial score (nSPS) is 11.9. The van der Waals surface area contributed by atoms with E-state index in [2.05, 4.69) is 15.3 Å². The van der Waals surface area contributed by atoms with E-state index in [0.717, 1.165) is 6.07 Å². The topological polar surface area (TPSA) is 78.0 Å². The quantitative estimate of drug-likeness (QED) is 0.412. The molecule has 0 aliphatic carbocycles. The summed E-state index contributed by atoms with van der Waals surface area (Å²) in [5.74, 6) is -0.835. The second-order valence-corrected chi connectivity index (χ2v) is 7.62. The van der Waals surface area contributed by atoms with Crippen LogP contribution in [0.3, 0.4) is 0 Å². The van der Waals surface area contributed by atoms with E-state index in [1.807, 2.05) is 0 Å². The number of rotatable bonds is 3. The van der Waals surface area contributed by atoms with Gasteiger partial charge in [-0.05, 0) is 50.2 Å². The fourth-order valence-corrected chi connectivity index (χ4v) is 3.46. The summed E-state index contributed by atoms with van der Waals surface area (Å²) in [5.41, 5.74) is -1.07. The number of aromatic amines is 1. The maximum absolute atomic E-state index is 14.2. The Bertz CT molecular complexity index is 1330. The summed E-state index contributed by atoms with van der Waals surface area (Å²) in [6.07, 6.45) is 1.46. The van der Waals surface area contributed by atoms with Crippen molar-refractivity contribution < 1.29 is 13.9 Å². The first-order valence-corrected chi connectivity index (χ1v) is 9.12. The summed E-state index contributed by atoms with van der Waals surface area (Å²) in [6, 6.07) is 8.09. The van der Waals surface area contributed by atoms with E-state index < -0.39 is 22.8 Å². The van der Waals surface area contributed by atoms with Gasteiger partial charge < -0.3 is 15.4 Å². The molecule has 2 aromatic carbocycles. The Balaban J connectivity index is 1.97. The number of nitrogens with one attached hydrogen (secondary N) is 2. The Hall–Kier alpha value is -3.03. The van der Waals surface area contributed by atoms with Gasteiger partial charge in [0.15, 0.2) is 0 Å². The third kappa shape index (κ3) is 3.43. The maximum atomic E-state index is 14.2. The van der Waals surface area contributed by atoms with Gasteiger partial charge in [-0.25, -0.2) is 13.8 Å². The average Bonchev–Trinajstić information content (AvgIpc) is 2.63. The van der Waals surface area contributed by atoms with E-state index in [0.29, 0.717) is 27.8 Å². The number of pyridine rings is 2. The highest BCUT2D eigenvalue weighted by Gasteiger charge is 2.23. The summed E-state index contributed by atoms with van der Waals surface area (Å²) in [7, 11) is 0. The fourth-order valence-electron chi connectivity index (χ4n) is 3.27. The zero-order chi connectivity index (χ0) is 20.9. The number of hydrogen-bond donors (Lipinski definition) is 3. The second-order valence-electron chi connectivity index (χ2n) is 7.21. The molecule has 3 N–H and O–H groups in total. The van der Waals surface area contributed by atoms with Gasteiger partial charge in [0.1, 0.15) is 17.5 Å². The summed E-state index contributed by atoms with van der Waals surface area (Å²) < 4.78 is 28.0. The molecule has 4 aromatic rings. The van der Waals surface area contributed by atoms with Gasteiger partial charge in [0, 0.05) is 22.5 Å². The van der Waals surface area contributed by atoms with Crippen molar-refractivity contribution in [3.8, 4) is 0 Å². The maximum Gasteiger partial charge on any atom is 0.256 e. The third-order valence-electron chi connectivity index (χ3n) is 4.65. The van der Waals surface area contributed by atoms with Gasteiger partial charge in [0.05, 0.1) is 27.2 Å². The molecule has 5 nitrogen and oxygen atoms in total. The molecule has 0 bridgehead atoms. The number of H-pyrrole nitrogens is 1. The predicted molar refractivity (Wildman–Crippen MR) is 110 cm³/mol. The highest BCUT2D eigenvalue weighted by molar-refractivity contribution is 6.33. The molecule has 2 aromatic heterocycles. The van der Waals surface area contributed by atoms with Crippen LogP contribution in [0.5, 0.6) is 0 Å². The Morgan fingerprint density at radius 3 is 2.62 bits per heavy atom. The molecule has 0 radical (unpaired) electrons. The number of fused-ring (bicyclic) bond motifs is 3. The predicted octanol–water partition coefficient (Wildman–Crippen LogP) is 4.98. The first-order chi connectivity index (χ1) is 13.6. The molecule has 0 atom stereocenters. The van der Waals surface area contributed by atoms with Gasteiger partial charge in [0.25, 0.3) is 5.56 Å². The molecule has 0 saturated heterocycles. The van der Waals surface area contributed by atoms with Gasteiger partial charge in [-0.1, -0.05) is 11.6 Å². The summed E-state index contributed by atoms with van der Waals surface area (Å²) in [6.45, 7) is 2.92. The lowest BCUT2D eigenvalue weighted by Crippen LogP contribution is -2.18. The average molecular weight is 416 g/mol.